The van der Waals surface area contributed by atoms with E-state index in [-0.39, 0.29) is 35.1 Å². The molecule has 1 N–H and O–H groups in total. The van der Waals surface area contributed by atoms with Gasteiger partial charge in [-0.3, -0.25) is 4.68 Å². The Balaban J connectivity index is 1.71. The van der Waals surface area contributed by atoms with Crippen LogP contribution in [0.5, 0.6) is 0 Å². The summed E-state index contributed by atoms with van der Waals surface area (Å²) in [5, 5.41) is 7.83. The molecular weight excluding hydrogens is 338 g/mol. The molecule has 0 bridgehead atoms. The first-order valence-corrected chi connectivity index (χ1v) is 11.5. The van der Waals surface area contributed by atoms with Crippen molar-refractivity contribution in [1.82, 2.24) is 15.1 Å². The molecule has 1 aromatic rings. The van der Waals surface area contributed by atoms with Crippen LogP contribution in [-0.4, -0.2) is 55.7 Å². The van der Waals surface area contributed by atoms with Gasteiger partial charge in [-0.1, -0.05) is 0 Å². The Morgan fingerprint density at radius 2 is 1.74 bits per heavy atom. The smallest absolute Gasteiger partial charge is 0.152 e. The molecule has 0 radical (unpaired) electrons. The van der Waals surface area contributed by atoms with Gasteiger partial charge in [0.15, 0.2) is 19.7 Å². The third-order valence-electron chi connectivity index (χ3n) is 4.83. The van der Waals surface area contributed by atoms with Crippen LogP contribution in [0.4, 0.5) is 0 Å². The standard InChI is InChI=1S/C14H23N3O4S2/c1-10-14(7-15-12-3-5-22(18,19)8-12)11(2)17(16-10)13-4-6-23(20,21)9-13/h12-13,15H,3-9H2,1-2H3. The van der Waals surface area contributed by atoms with Gasteiger partial charge in [-0.05, 0) is 26.7 Å². The van der Waals surface area contributed by atoms with Gasteiger partial charge in [-0.2, -0.15) is 5.10 Å². The lowest BCUT2D eigenvalue weighted by atomic mass is 10.1. The van der Waals surface area contributed by atoms with Crippen molar-refractivity contribution in [3.63, 3.8) is 0 Å². The first-order valence-electron chi connectivity index (χ1n) is 7.86. The van der Waals surface area contributed by atoms with Crippen molar-refractivity contribution >= 4 is 19.7 Å². The zero-order valence-electron chi connectivity index (χ0n) is 13.4. The van der Waals surface area contributed by atoms with E-state index in [0.29, 0.717) is 19.4 Å². The van der Waals surface area contributed by atoms with E-state index in [0.717, 1.165) is 17.0 Å². The molecule has 3 rings (SSSR count). The average Bonchev–Trinajstić information content (AvgIpc) is 3.05. The molecule has 23 heavy (non-hydrogen) atoms. The maximum Gasteiger partial charge on any atom is 0.152 e. The van der Waals surface area contributed by atoms with Gasteiger partial charge < -0.3 is 5.32 Å². The zero-order valence-corrected chi connectivity index (χ0v) is 15.1. The summed E-state index contributed by atoms with van der Waals surface area (Å²) in [7, 11) is -5.84. The number of nitrogens with one attached hydrogen (secondary N) is 1. The molecular formula is C14H23N3O4S2. The Kier molecular flexibility index (Phi) is 4.31. The Morgan fingerprint density at radius 3 is 2.30 bits per heavy atom. The molecule has 7 nitrogen and oxygen atoms in total. The van der Waals surface area contributed by atoms with E-state index in [4.69, 9.17) is 0 Å². The topological polar surface area (TPSA) is 98.1 Å². The van der Waals surface area contributed by atoms with Gasteiger partial charge >= 0.3 is 0 Å². The van der Waals surface area contributed by atoms with Crippen LogP contribution in [0, 0.1) is 13.8 Å². The van der Waals surface area contributed by atoms with Crippen LogP contribution >= 0.6 is 0 Å². The molecule has 2 unspecified atom stereocenters. The van der Waals surface area contributed by atoms with Crippen molar-refractivity contribution in [1.29, 1.82) is 0 Å². The quantitative estimate of drug-likeness (QED) is 0.819. The molecule has 9 heteroatoms. The fraction of sp³-hybridized carbons (Fsp3) is 0.786. The highest BCUT2D eigenvalue weighted by Gasteiger charge is 2.32. The van der Waals surface area contributed by atoms with E-state index in [1.807, 2.05) is 18.5 Å². The molecule has 0 aliphatic carbocycles. The van der Waals surface area contributed by atoms with E-state index in [1.165, 1.54) is 0 Å². The van der Waals surface area contributed by atoms with Crippen molar-refractivity contribution in [2.75, 3.05) is 23.0 Å². The van der Waals surface area contributed by atoms with Crippen LogP contribution in [0.1, 0.15) is 35.8 Å². The highest BCUT2D eigenvalue weighted by atomic mass is 32.2. The molecule has 0 amide bonds. The number of nitrogens with zero attached hydrogens (tertiary/aromatic N) is 2. The van der Waals surface area contributed by atoms with Gasteiger partial charge in [-0.25, -0.2) is 16.8 Å². The van der Waals surface area contributed by atoms with Gasteiger partial charge in [0.2, 0.25) is 0 Å². The summed E-state index contributed by atoms with van der Waals surface area (Å²) in [6.07, 6.45) is 1.26. The lowest BCUT2D eigenvalue weighted by molar-refractivity contribution is 0.484. The van der Waals surface area contributed by atoms with Crippen LogP contribution in [0.2, 0.25) is 0 Å². The summed E-state index contributed by atoms with van der Waals surface area (Å²) in [5.74, 6) is 0.828. The second kappa shape index (κ2) is 5.86. The maximum atomic E-state index is 11.7. The minimum Gasteiger partial charge on any atom is -0.309 e. The molecule has 130 valence electrons. The van der Waals surface area contributed by atoms with Crippen LogP contribution in [0.25, 0.3) is 0 Å². The first-order chi connectivity index (χ1) is 10.7. The third-order valence-corrected chi connectivity index (χ3v) is 8.35. The molecule has 2 fully saturated rings. The largest absolute Gasteiger partial charge is 0.309 e. The summed E-state index contributed by atoms with van der Waals surface area (Å²) in [6, 6.07) is -0.0895. The van der Waals surface area contributed by atoms with Crippen molar-refractivity contribution < 1.29 is 16.8 Å². The molecule has 2 atom stereocenters. The van der Waals surface area contributed by atoms with Gasteiger partial charge in [0.05, 0.1) is 34.7 Å². The number of sulfone groups is 2. The van der Waals surface area contributed by atoms with E-state index in [9.17, 15) is 16.8 Å². The van der Waals surface area contributed by atoms with Gasteiger partial charge in [-0.15, -0.1) is 0 Å². The van der Waals surface area contributed by atoms with Crippen molar-refractivity contribution in [3.8, 4) is 0 Å². The van der Waals surface area contributed by atoms with Crippen molar-refractivity contribution in [2.45, 2.75) is 45.3 Å². The fourth-order valence-electron chi connectivity index (χ4n) is 3.48. The molecule has 0 aromatic carbocycles. The van der Waals surface area contributed by atoms with Crippen LogP contribution in [-0.2, 0) is 26.2 Å². The molecule has 2 saturated heterocycles. The lowest BCUT2D eigenvalue weighted by Gasteiger charge is -2.13. The predicted molar refractivity (Wildman–Crippen MR) is 87.9 cm³/mol. The third kappa shape index (κ3) is 3.61. The summed E-state index contributed by atoms with van der Waals surface area (Å²) in [6.45, 7) is 4.43. The van der Waals surface area contributed by atoms with Gasteiger partial charge in [0.25, 0.3) is 0 Å². The minimum absolute atomic E-state index is 0.00555. The Labute approximate surface area is 137 Å². The SMILES string of the molecule is Cc1nn(C2CCS(=O)(=O)C2)c(C)c1CNC1CCS(=O)(=O)C1. The summed E-state index contributed by atoms with van der Waals surface area (Å²) >= 11 is 0. The van der Waals surface area contributed by atoms with E-state index >= 15 is 0 Å². The normalized spacial score (nSPS) is 29.1. The Bertz CT molecular complexity index is 811. The van der Waals surface area contributed by atoms with Crippen molar-refractivity contribution in [2.24, 2.45) is 0 Å². The van der Waals surface area contributed by atoms with Gasteiger partial charge in [0, 0.05) is 23.8 Å². The highest BCUT2D eigenvalue weighted by molar-refractivity contribution is 7.91. The highest BCUT2D eigenvalue weighted by Crippen LogP contribution is 2.27. The Morgan fingerprint density at radius 1 is 1.09 bits per heavy atom. The van der Waals surface area contributed by atoms with E-state index in [2.05, 4.69) is 10.4 Å². The molecule has 2 aliphatic heterocycles. The summed E-state index contributed by atoms with van der Waals surface area (Å²) in [5.41, 5.74) is 2.89. The lowest BCUT2D eigenvalue weighted by Crippen LogP contribution is -2.29. The second-order valence-corrected chi connectivity index (χ2v) is 11.1. The molecule has 1 aromatic heterocycles. The van der Waals surface area contributed by atoms with Crippen LogP contribution in [0.3, 0.4) is 0 Å². The molecule has 0 spiro atoms. The first kappa shape index (κ1) is 16.9. The fourth-order valence-corrected chi connectivity index (χ4v) is 6.88. The van der Waals surface area contributed by atoms with Crippen LogP contribution in [0.15, 0.2) is 0 Å². The van der Waals surface area contributed by atoms with Crippen molar-refractivity contribution in [3.05, 3.63) is 17.0 Å². The van der Waals surface area contributed by atoms with Gasteiger partial charge in [0.1, 0.15) is 0 Å². The zero-order chi connectivity index (χ0) is 16.8. The number of hydrogen-bond donors (Lipinski definition) is 1. The maximum absolute atomic E-state index is 11.7. The number of rotatable bonds is 4. The summed E-state index contributed by atoms with van der Waals surface area (Å²) in [4.78, 5) is 0. The Hall–Kier alpha value is -0.930. The summed E-state index contributed by atoms with van der Waals surface area (Å²) < 4.78 is 48.2. The number of aromatic nitrogens is 2. The number of hydrogen-bond acceptors (Lipinski definition) is 6. The monoisotopic (exact) mass is 361 g/mol. The number of aryl methyl sites for hydroxylation is 1. The predicted octanol–water partition coefficient (Wildman–Crippen LogP) is 0.136. The molecule has 0 saturated carbocycles. The van der Waals surface area contributed by atoms with E-state index < -0.39 is 19.7 Å². The molecule has 2 aliphatic rings. The molecule has 3 heterocycles. The second-order valence-electron chi connectivity index (χ2n) is 6.63. The van der Waals surface area contributed by atoms with Crippen LogP contribution < -0.4 is 5.32 Å². The average molecular weight is 361 g/mol. The minimum atomic E-state index is -2.95. The van der Waals surface area contributed by atoms with E-state index in [1.54, 1.807) is 0 Å².